The van der Waals surface area contributed by atoms with E-state index in [2.05, 4.69) is 11.1 Å². The Labute approximate surface area is 151 Å². The van der Waals surface area contributed by atoms with Crippen LogP contribution in [0.4, 0.5) is 11.5 Å². The molecular weight excluding hydrogens is 332 g/mol. The second-order valence-corrected chi connectivity index (χ2v) is 6.75. The topological polar surface area (TPSA) is 101 Å². The van der Waals surface area contributed by atoms with Crippen LogP contribution in [0.2, 0.25) is 0 Å². The fourth-order valence-electron chi connectivity index (χ4n) is 3.52. The zero-order valence-electron chi connectivity index (χ0n) is 15.2. The van der Waals surface area contributed by atoms with Crippen molar-refractivity contribution in [2.45, 2.75) is 39.7 Å². The highest BCUT2D eigenvalue weighted by Crippen LogP contribution is 2.28. The van der Waals surface area contributed by atoms with Crippen molar-refractivity contribution in [3.05, 3.63) is 55.7 Å². The van der Waals surface area contributed by atoms with Crippen LogP contribution in [0.15, 0.2) is 27.8 Å². The van der Waals surface area contributed by atoms with E-state index in [1.165, 1.54) is 15.7 Å². The van der Waals surface area contributed by atoms with Gasteiger partial charge in [0.05, 0.1) is 6.54 Å². The molecule has 138 valence electrons. The summed E-state index contributed by atoms with van der Waals surface area (Å²) in [5.41, 5.74) is 7.99. The predicted octanol–water partition coefficient (Wildman–Crippen LogP) is 1.47. The van der Waals surface area contributed by atoms with E-state index >= 15 is 0 Å². The molecule has 0 saturated carbocycles. The number of aromatic nitrogens is 2. The van der Waals surface area contributed by atoms with Crippen LogP contribution in [-0.4, -0.2) is 28.4 Å². The molecule has 1 aliphatic heterocycles. The molecule has 2 heterocycles. The van der Waals surface area contributed by atoms with Gasteiger partial charge in [-0.3, -0.25) is 19.1 Å². The Kier molecular flexibility index (Phi) is 4.97. The minimum absolute atomic E-state index is 0.0493. The quantitative estimate of drug-likeness (QED) is 0.790. The van der Waals surface area contributed by atoms with Crippen LogP contribution in [0, 0.1) is 6.92 Å². The van der Waals surface area contributed by atoms with Crippen molar-refractivity contribution in [3.8, 4) is 0 Å². The Hall–Kier alpha value is -2.83. The third-order valence-corrected chi connectivity index (χ3v) is 4.75. The number of carbonyl (C=O) groups is 1. The van der Waals surface area contributed by atoms with E-state index < -0.39 is 11.2 Å². The molecule has 1 aliphatic rings. The van der Waals surface area contributed by atoms with Crippen LogP contribution in [0.3, 0.4) is 0 Å². The molecule has 0 aliphatic carbocycles. The van der Waals surface area contributed by atoms with Gasteiger partial charge < -0.3 is 10.6 Å². The Morgan fingerprint density at radius 3 is 2.81 bits per heavy atom. The third kappa shape index (κ3) is 3.29. The highest BCUT2D eigenvalue weighted by atomic mass is 16.2. The Morgan fingerprint density at radius 2 is 2.08 bits per heavy atom. The van der Waals surface area contributed by atoms with Gasteiger partial charge in [-0.1, -0.05) is 24.6 Å². The molecule has 3 rings (SSSR count). The zero-order valence-corrected chi connectivity index (χ0v) is 15.2. The summed E-state index contributed by atoms with van der Waals surface area (Å²) in [7, 11) is 0. The fraction of sp³-hybridized carbons (Fsp3) is 0.421. The number of hydrogen-bond acceptors (Lipinski definition) is 5. The third-order valence-electron chi connectivity index (χ3n) is 4.75. The molecule has 0 amide bonds. The summed E-state index contributed by atoms with van der Waals surface area (Å²) < 4.78 is 1.25. The van der Waals surface area contributed by atoms with Crippen LogP contribution in [0.5, 0.6) is 0 Å². The Morgan fingerprint density at radius 1 is 1.31 bits per heavy atom. The van der Waals surface area contributed by atoms with Crippen molar-refractivity contribution >= 4 is 17.3 Å². The molecule has 1 aromatic carbocycles. The summed E-state index contributed by atoms with van der Waals surface area (Å²) in [6.45, 7) is 5.10. The lowest BCUT2D eigenvalue weighted by Crippen LogP contribution is -2.40. The van der Waals surface area contributed by atoms with E-state index in [0.29, 0.717) is 13.0 Å². The van der Waals surface area contributed by atoms with Gasteiger partial charge in [-0.15, -0.1) is 0 Å². The van der Waals surface area contributed by atoms with E-state index in [9.17, 15) is 14.4 Å². The van der Waals surface area contributed by atoms with Gasteiger partial charge in [-0.2, -0.15) is 0 Å². The first-order valence-corrected chi connectivity index (χ1v) is 8.92. The van der Waals surface area contributed by atoms with Crippen LogP contribution in [0.1, 0.15) is 41.3 Å². The molecule has 0 atom stereocenters. The minimum Gasteiger partial charge on any atom is -0.384 e. The smallest absolute Gasteiger partial charge is 0.329 e. The minimum atomic E-state index is -0.717. The number of nitrogens with two attached hydrogens (primary N) is 1. The van der Waals surface area contributed by atoms with Crippen molar-refractivity contribution in [3.63, 3.8) is 0 Å². The number of anilines is 2. The summed E-state index contributed by atoms with van der Waals surface area (Å²) in [6.07, 6.45) is 2.60. The molecule has 1 aromatic heterocycles. The summed E-state index contributed by atoms with van der Waals surface area (Å²) in [4.78, 5) is 41.2. The van der Waals surface area contributed by atoms with Crippen LogP contribution >= 0.6 is 0 Å². The van der Waals surface area contributed by atoms with Crippen molar-refractivity contribution in [1.29, 1.82) is 0 Å². The maximum absolute atomic E-state index is 12.8. The lowest BCUT2D eigenvalue weighted by atomic mass is 9.99. The van der Waals surface area contributed by atoms with Crippen molar-refractivity contribution in [1.82, 2.24) is 9.55 Å². The van der Waals surface area contributed by atoms with Crippen LogP contribution in [-0.2, 0) is 13.0 Å². The molecule has 0 radical (unpaired) electrons. The lowest BCUT2D eigenvalue weighted by molar-refractivity contribution is 0.0997. The Balaban J connectivity index is 1.94. The van der Waals surface area contributed by atoms with Crippen LogP contribution < -0.4 is 21.9 Å². The number of aromatic amines is 1. The second kappa shape index (κ2) is 7.19. The van der Waals surface area contributed by atoms with Gasteiger partial charge in [-0.25, -0.2) is 4.79 Å². The first kappa shape index (κ1) is 18.0. The summed E-state index contributed by atoms with van der Waals surface area (Å²) in [5.74, 6) is -0.422. The SMILES string of the molecule is CCCn1c(N)c(C(=O)CN2CCCc3cc(C)ccc32)c(=O)[nH]c1=O. The number of benzene rings is 1. The molecule has 2 aromatic rings. The molecule has 0 unspecified atom stereocenters. The van der Waals surface area contributed by atoms with Gasteiger partial charge >= 0.3 is 5.69 Å². The normalized spacial score (nSPS) is 13.5. The number of ketones is 1. The van der Waals surface area contributed by atoms with Crippen molar-refractivity contribution in [2.24, 2.45) is 0 Å². The van der Waals surface area contributed by atoms with E-state index in [1.54, 1.807) is 0 Å². The van der Waals surface area contributed by atoms with E-state index in [4.69, 9.17) is 5.73 Å². The highest BCUT2D eigenvalue weighted by molar-refractivity contribution is 6.02. The monoisotopic (exact) mass is 356 g/mol. The number of Topliss-reactive ketones (excluding diaryl/α,β-unsaturated/α-hetero) is 1. The van der Waals surface area contributed by atoms with Gasteiger partial charge in [0.1, 0.15) is 11.4 Å². The van der Waals surface area contributed by atoms with Crippen molar-refractivity contribution in [2.75, 3.05) is 23.7 Å². The standard InChI is InChI=1S/C19H24N4O3/c1-3-8-23-17(20)16(18(25)21-19(23)26)15(24)11-22-9-4-5-13-10-12(2)6-7-14(13)22/h6-7,10H,3-5,8-9,11,20H2,1-2H3,(H,21,25,26). The lowest BCUT2D eigenvalue weighted by Gasteiger charge is -2.31. The Bertz CT molecular complexity index is 958. The van der Waals surface area contributed by atoms with Gasteiger partial charge in [-0.05, 0) is 37.8 Å². The molecule has 0 bridgehead atoms. The van der Waals surface area contributed by atoms with Gasteiger partial charge in [0.25, 0.3) is 5.56 Å². The number of carbonyl (C=O) groups excluding carboxylic acids is 1. The average Bonchev–Trinajstić information content (AvgIpc) is 2.58. The fourth-order valence-corrected chi connectivity index (χ4v) is 3.52. The largest absolute Gasteiger partial charge is 0.384 e. The molecular formula is C19H24N4O3. The summed E-state index contributed by atoms with van der Waals surface area (Å²) >= 11 is 0. The van der Waals surface area contributed by atoms with Gasteiger partial charge in [0.15, 0.2) is 5.78 Å². The number of nitrogens with zero attached hydrogens (tertiary/aromatic N) is 2. The number of aryl methyl sites for hydroxylation is 2. The molecule has 7 heteroatoms. The molecule has 0 fully saturated rings. The number of nitrogens with one attached hydrogen (secondary N) is 1. The molecule has 26 heavy (non-hydrogen) atoms. The average molecular weight is 356 g/mol. The van der Waals surface area contributed by atoms with Crippen molar-refractivity contribution < 1.29 is 4.79 Å². The number of hydrogen-bond donors (Lipinski definition) is 2. The van der Waals surface area contributed by atoms with Crippen LogP contribution in [0.25, 0.3) is 0 Å². The van der Waals surface area contributed by atoms with E-state index in [-0.39, 0.29) is 23.7 Å². The maximum atomic E-state index is 12.8. The number of nitrogen functional groups attached to an aromatic ring is 1. The number of rotatable bonds is 5. The van der Waals surface area contributed by atoms with Gasteiger partial charge in [0.2, 0.25) is 0 Å². The molecule has 0 spiro atoms. The van der Waals surface area contributed by atoms with Gasteiger partial charge in [0, 0.05) is 18.8 Å². The first-order chi connectivity index (χ1) is 12.4. The maximum Gasteiger partial charge on any atom is 0.329 e. The molecule has 0 saturated heterocycles. The van der Waals surface area contributed by atoms with E-state index in [1.807, 2.05) is 30.9 Å². The molecule has 3 N–H and O–H groups in total. The molecule has 7 nitrogen and oxygen atoms in total. The predicted molar refractivity (Wildman–Crippen MR) is 102 cm³/mol. The first-order valence-electron chi connectivity index (χ1n) is 8.92. The second-order valence-electron chi connectivity index (χ2n) is 6.75. The summed E-state index contributed by atoms with van der Waals surface area (Å²) in [6, 6.07) is 6.17. The number of fused-ring (bicyclic) bond motifs is 1. The highest BCUT2D eigenvalue weighted by Gasteiger charge is 2.24. The summed E-state index contributed by atoms with van der Waals surface area (Å²) in [5, 5.41) is 0. The number of H-pyrrole nitrogens is 1. The zero-order chi connectivity index (χ0) is 18.8. The van der Waals surface area contributed by atoms with E-state index in [0.717, 1.165) is 25.1 Å².